The van der Waals surface area contributed by atoms with Crippen molar-refractivity contribution in [3.05, 3.63) is 65.5 Å². The number of alkyl halides is 3. The number of nitrogens with zero attached hydrogens (tertiary/aromatic N) is 5. The molecule has 1 saturated heterocycles. The van der Waals surface area contributed by atoms with Crippen molar-refractivity contribution < 1.29 is 26.1 Å². The van der Waals surface area contributed by atoms with Crippen LogP contribution in [0.4, 0.5) is 19.0 Å². The summed E-state index contributed by atoms with van der Waals surface area (Å²) in [5, 5.41) is 4.52. The van der Waals surface area contributed by atoms with Gasteiger partial charge in [-0.15, -0.1) is 0 Å². The summed E-state index contributed by atoms with van der Waals surface area (Å²) in [6.07, 6.45) is -3.43. The average molecular weight is 574 g/mol. The van der Waals surface area contributed by atoms with E-state index in [0.717, 1.165) is 17.7 Å². The van der Waals surface area contributed by atoms with E-state index in [4.69, 9.17) is 9.51 Å². The zero-order valence-electron chi connectivity index (χ0n) is 22.4. The minimum atomic E-state index is -4.52. The van der Waals surface area contributed by atoms with Gasteiger partial charge in [-0.1, -0.05) is 48.8 Å². The summed E-state index contributed by atoms with van der Waals surface area (Å²) >= 11 is 0. The van der Waals surface area contributed by atoms with Crippen LogP contribution in [0.1, 0.15) is 37.2 Å². The molecule has 1 aliphatic rings. The fourth-order valence-corrected chi connectivity index (χ4v) is 6.28. The van der Waals surface area contributed by atoms with Crippen molar-refractivity contribution >= 4 is 26.9 Å². The van der Waals surface area contributed by atoms with Gasteiger partial charge in [-0.25, -0.2) is 13.4 Å². The van der Waals surface area contributed by atoms with Crippen LogP contribution in [-0.2, 0) is 22.6 Å². The molecular weight excluding hydrogens is 543 g/mol. The Hall–Kier alpha value is -3.51. The molecule has 0 saturated carbocycles. The highest BCUT2D eigenvalue weighted by atomic mass is 32.2. The lowest BCUT2D eigenvalue weighted by Gasteiger charge is -2.24. The third kappa shape index (κ3) is 5.68. The summed E-state index contributed by atoms with van der Waals surface area (Å²) in [5.74, 6) is 1.25. The Kier molecular flexibility index (Phi) is 7.58. The minimum absolute atomic E-state index is 0.182. The SMILES string of the molecule is Cc1ccc(S(=O)(=O)N2CCCN(c3nc(CC(C)C)nc4onc(-c5cccc(C(F)(F)F)c5)c34)CC2)cc1. The number of anilines is 1. The first kappa shape index (κ1) is 28.0. The number of benzene rings is 2. The van der Waals surface area contributed by atoms with E-state index in [2.05, 4.69) is 10.1 Å². The van der Waals surface area contributed by atoms with Crippen molar-refractivity contribution in [2.45, 2.75) is 44.7 Å². The van der Waals surface area contributed by atoms with Crippen LogP contribution in [0.3, 0.4) is 0 Å². The molecule has 1 fully saturated rings. The third-order valence-corrected chi connectivity index (χ3v) is 8.74. The Bertz CT molecular complexity index is 1620. The lowest BCUT2D eigenvalue weighted by Crippen LogP contribution is -2.35. The number of fused-ring (bicyclic) bond motifs is 1. The van der Waals surface area contributed by atoms with Gasteiger partial charge in [0.15, 0.2) is 0 Å². The highest BCUT2D eigenvalue weighted by molar-refractivity contribution is 7.89. The molecule has 1 aliphatic heterocycles. The van der Waals surface area contributed by atoms with Gasteiger partial charge in [-0.3, -0.25) is 0 Å². The van der Waals surface area contributed by atoms with Crippen molar-refractivity contribution in [2.75, 3.05) is 31.1 Å². The summed E-state index contributed by atoms with van der Waals surface area (Å²) in [5.41, 5.74) is 0.790. The number of aromatic nitrogens is 3. The van der Waals surface area contributed by atoms with Gasteiger partial charge in [0.05, 0.1) is 10.5 Å². The monoisotopic (exact) mass is 573 g/mol. The molecule has 212 valence electrons. The van der Waals surface area contributed by atoms with E-state index in [1.165, 1.54) is 16.4 Å². The summed E-state index contributed by atoms with van der Waals surface area (Å²) in [7, 11) is -3.70. The van der Waals surface area contributed by atoms with Crippen molar-refractivity contribution in [1.29, 1.82) is 0 Å². The zero-order valence-corrected chi connectivity index (χ0v) is 23.3. The fourth-order valence-electron chi connectivity index (χ4n) is 4.81. The molecule has 2 aromatic heterocycles. The molecule has 0 unspecified atom stereocenters. The van der Waals surface area contributed by atoms with E-state index >= 15 is 0 Å². The van der Waals surface area contributed by atoms with Crippen LogP contribution in [0, 0.1) is 12.8 Å². The maximum Gasteiger partial charge on any atom is 0.416 e. The van der Waals surface area contributed by atoms with Crippen molar-refractivity contribution in [3.63, 3.8) is 0 Å². The van der Waals surface area contributed by atoms with Crippen molar-refractivity contribution in [1.82, 2.24) is 19.4 Å². The van der Waals surface area contributed by atoms with E-state index < -0.39 is 21.8 Å². The van der Waals surface area contributed by atoms with E-state index in [0.29, 0.717) is 49.5 Å². The lowest BCUT2D eigenvalue weighted by atomic mass is 10.1. The predicted molar refractivity (Wildman–Crippen MR) is 145 cm³/mol. The molecule has 8 nitrogen and oxygen atoms in total. The van der Waals surface area contributed by atoms with Crippen LogP contribution in [0.25, 0.3) is 22.4 Å². The Morgan fingerprint density at radius 3 is 2.45 bits per heavy atom. The Morgan fingerprint density at radius 2 is 1.75 bits per heavy atom. The van der Waals surface area contributed by atoms with E-state index in [1.54, 1.807) is 24.3 Å². The first-order chi connectivity index (χ1) is 18.9. The second kappa shape index (κ2) is 10.8. The van der Waals surface area contributed by atoms with Gasteiger partial charge in [0.1, 0.15) is 22.7 Å². The molecule has 0 atom stereocenters. The highest BCUT2D eigenvalue weighted by Gasteiger charge is 2.32. The number of halogens is 3. The first-order valence-electron chi connectivity index (χ1n) is 13.1. The normalized spacial score (nSPS) is 15.6. The molecule has 5 rings (SSSR count). The quantitative estimate of drug-likeness (QED) is 0.292. The fraction of sp³-hybridized carbons (Fsp3) is 0.393. The second-order valence-electron chi connectivity index (χ2n) is 10.4. The van der Waals surface area contributed by atoms with Crippen LogP contribution in [0.2, 0.25) is 0 Å². The topological polar surface area (TPSA) is 92.4 Å². The van der Waals surface area contributed by atoms with Crippen LogP contribution >= 0.6 is 0 Å². The number of hydrogen-bond donors (Lipinski definition) is 0. The molecule has 0 amide bonds. The molecule has 0 radical (unpaired) electrons. The largest absolute Gasteiger partial charge is 0.416 e. The number of sulfonamides is 1. The maximum absolute atomic E-state index is 13.5. The Balaban J connectivity index is 1.54. The van der Waals surface area contributed by atoms with Gasteiger partial charge in [0, 0.05) is 38.2 Å². The number of rotatable bonds is 6. The third-order valence-electron chi connectivity index (χ3n) is 6.83. The smallest absolute Gasteiger partial charge is 0.354 e. The van der Waals surface area contributed by atoms with Crippen molar-refractivity contribution in [3.8, 4) is 11.3 Å². The van der Waals surface area contributed by atoms with Gasteiger partial charge in [0.2, 0.25) is 10.0 Å². The van der Waals surface area contributed by atoms with Gasteiger partial charge in [-0.05, 0) is 43.5 Å². The van der Waals surface area contributed by atoms with E-state index in [1.807, 2.05) is 25.7 Å². The van der Waals surface area contributed by atoms with Gasteiger partial charge < -0.3 is 9.42 Å². The molecule has 12 heteroatoms. The minimum Gasteiger partial charge on any atom is -0.354 e. The zero-order chi connectivity index (χ0) is 28.7. The molecule has 3 heterocycles. The van der Waals surface area contributed by atoms with E-state index in [9.17, 15) is 21.6 Å². The molecule has 40 heavy (non-hydrogen) atoms. The standard InChI is InChI=1S/C28H30F3N5O3S/c1-18(2)16-23-32-26(24-25(34-39-27(24)33-23)20-6-4-7-21(17-20)28(29,30)31)35-12-5-13-36(15-14-35)40(37,38)22-10-8-19(3)9-11-22/h4,6-11,17-18H,5,12-16H2,1-3H3. The second-order valence-corrected chi connectivity index (χ2v) is 12.3. The predicted octanol–water partition coefficient (Wildman–Crippen LogP) is 5.71. The molecule has 0 N–H and O–H groups in total. The summed E-state index contributed by atoms with van der Waals surface area (Å²) in [6, 6.07) is 11.7. The molecule has 4 aromatic rings. The average Bonchev–Trinajstić information content (AvgIpc) is 3.15. The Labute approximate surface area is 230 Å². The van der Waals surface area contributed by atoms with Gasteiger partial charge in [0.25, 0.3) is 5.71 Å². The molecule has 2 aromatic carbocycles. The van der Waals surface area contributed by atoms with Crippen LogP contribution in [0.5, 0.6) is 0 Å². The van der Waals surface area contributed by atoms with E-state index in [-0.39, 0.29) is 34.3 Å². The highest BCUT2D eigenvalue weighted by Crippen LogP contribution is 2.37. The van der Waals surface area contributed by atoms with Crippen molar-refractivity contribution in [2.24, 2.45) is 5.92 Å². The van der Waals surface area contributed by atoms with Gasteiger partial charge in [-0.2, -0.15) is 22.5 Å². The summed E-state index contributed by atoms with van der Waals surface area (Å²) in [6.45, 7) is 7.30. The lowest BCUT2D eigenvalue weighted by molar-refractivity contribution is -0.137. The summed E-state index contributed by atoms with van der Waals surface area (Å²) < 4.78 is 74.1. The van der Waals surface area contributed by atoms with Gasteiger partial charge >= 0.3 is 6.18 Å². The summed E-state index contributed by atoms with van der Waals surface area (Å²) in [4.78, 5) is 11.5. The van der Waals surface area contributed by atoms with Crippen LogP contribution in [0.15, 0.2) is 57.9 Å². The first-order valence-corrected chi connectivity index (χ1v) is 14.5. The molecule has 0 aliphatic carbocycles. The number of aryl methyl sites for hydroxylation is 1. The van der Waals surface area contributed by atoms with Crippen LogP contribution in [-0.4, -0.2) is 54.0 Å². The van der Waals surface area contributed by atoms with Crippen LogP contribution < -0.4 is 4.90 Å². The molecular formula is C28H30F3N5O3S. The maximum atomic E-state index is 13.5. The number of hydrogen-bond acceptors (Lipinski definition) is 7. The molecule has 0 bridgehead atoms. The molecule has 0 spiro atoms. The Morgan fingerprint density at radius 1 is 1.00 bits per heavy atom.